The number of carbonyl (C=O) groups excluding carboxylic acids is 2. The molecule has 0 unspecified atom stereocenters. The van der Waals surface area contributed by atoms with Gasteiger partial charge < -0.3 is 10.1 Å². The number of hydrogen-bond acceptors (Lipinski definition) is 6. The van der Waals surface area contributed by atoms with Crippen LogP contribution in [0.3, 0.4) is 0 Å². The van der Waals surface area contributed by atoms with Crippen molar-refractivity contribution in [3.63, 3.8) is 0 Å². The molecule has 0 saturated carbocycles. The van der Waals surface area contributed by atoms with E-state index in [0.29, 0.717) is 17.3 Å². The zero-order valence-electron chi connectivity index (χ0n) is 13.6. The van der Waals surface area contributed by atoms with Crippen molar-refractivity contribution < 1.29 is 14.3 Å². The molecule has 1 heterocycles. The summed E-state index contributed by atoms with van der Waals surface area (Å²) >= 11 is 7.35. The molecule has 0 radical (unpaired) electrons. The van der Waals surface area contributed by atoms with Gasteiger partial charge in [-0.25, -0.2) is 4.79 Å². The lowest BCUT2D eigenvalue weighted by Gasteiger charge is -2.07. The zero-order valence-corrected chi connectivity index (χ0v) is 15.1. The maximum atomic E-state index is 11.6. The smallest absolute Gasteiger partial charge is 0.328 e. The predicted molar refractivity (Wildman–Crippen MR) is 97.5 cm³/mol. The van der Waals surface area contributed by atoms with Gasteiger partial charge in [-0.1, -0.05) is 11.6 Å². The third kappa shape index (κ3) is 6.77. The van der Waals surface area contributed by atoms with E-state index in [0.717, 1.165) is 15.5 Å². The molecule has 2 N–H and O–H groups in total. The molecule has 1 amide bonds. The van der Waals surface area contributed by atoms with E-state index in [2.05, 4.69) is 5.32 Å². The van der Waals surface area contributed by atoms with E-state index in [1.54, 1.807) is 23.9 Å². The van der Waals surface area contributed by atoms with Crippen LogP contribution in [0, 0.1) is 0 Å². The second kappa shape index (κ2) is 9.83. The number of halogens is 1. The van der Waals surface area contributed by atoms with Crippen LogP contribution >= 0.6 is 23.4 Å². The number of esters is 1. The Balaban J connectivity index is 1.64. The Morgan fingerprint density at radius 2 is 1.92 bits per heavy atom. The Morgan fingerprint density at radius 3 is 2.62 bits per heavy atom. The van der Waals surface area contributed by atoms with E-state index < -0.39 is 36.3 Å². The molecule has 0 aliphatic heterocycles. The second-order valence-electron chi connectivity index (χ2n) is 5.05. The Hall–Kier alpha value is -2.52. The first-order valence-electron chi connectivity index (χ1n) is 7.54. The first-order chi connectivity index (χ1) is 12.4. The van der Waals surface area contributed by atoms with Crippen molar-refractivity contribution in [2.75, 3.05) is 18.9 Å². The number of amides is 1. The van der Waals surface area contributed by atoms with Crippen LogP contribution in [-0.2, 0) is 20.9 Å². The van der Waals surface area contributed by atoms with Crippen molar-refractivity contribution in [1.82, 2.24) is 14.9 Å². The van der Waals surface area contributed by atoms with Crippen LogP contribution in [0.15, 0.2) is 51.0 Å². The van der Waals surface area contributed by atoms with Crippen LogP contribution in [-0.4, -0.2) is 40.3 Å². The molecule has 0 fully saturated rings. The lowest BCUT2D eigenvalue weighted by atomic mass is 10.4. The summed E-state index contributed by atoms with van der Waals surface area (Å²) in [5.74, 6) is -0.553. The molecule has 2 aromatic rings. The molecule has 8 nitrogen and oxygen atoms in total. The molecule has 1 aromatic heterocycles. The SMILES string of the molecule is O=C(COC(=O)Cn1ccc(=O)[nH]c1=O)NCCSc1ccc(Cl)cc1. The molecule has 1 aromatic carbocycles. The maximum Gasteiger partial charge on any atom is 0.328 e. The van der Waals surface area contributed by atoms with E-state index in [4.69, 9.17) is 16.3 Å². The first-order valence-corrected chi connectivity index (χ1v) is 8.91. The standard InChI is InChI=1S/C16H16ClN3O5S/c17-11-1-3-12(4-2-11)26-8-6-18-14(22)10-25-15(23)9-20-7-5-13(21)19-16(20)24/h1-5,7H,6,8-10H2,(H,18,22)(H,19,21,24). The van der Waals surface area contributed by atoms with E-state index in [1.807, 2.05) is 17.1 Å². The minimum atomic E-state index is -0.759. The molecule has 26 heavy (non-hydrogen) atoms. The van der Waals surface area contributed by atoms with Gasteiger partial charge in [0.05, 0.1) is 0 Å². The van der Waals surface area contributed by atoms with Crippen LogP contribution in [0.5, 0.6) is 0 Å². The van der Waals surface area contributed by atoms with Crippen molar-refractivity contribution in [2.24, 2.45) is 0 Å². The van der Waals surface area contributed by atoms with E-state index in [9.17, 15) is 19.2 Å². The highest BCUT2D eigenvalue weighted by molar-refractivity contribution is 7.99. The number of aromatic nitrogens is 2. The van der Waals surface area contributed by atoms with Gasteiger partial charge >= 0.3 is 11.7 Å². The highest BCUT2D eigenvalue weighted by atomic mass is 35.5. The zero-order chi connectivity index (χ0) is 18.9. The third-order valence-electron chi connectivity index (χ3n) is 3.07. The highest BCUT2D eigenvalue weighted by Crippen LogP contribution is 2.19. The number of nitrogens with one attached hydrogen (secondary N) is 2. The number of benzene rings is 1. The monoisotopic (exact) mass is 397 g/mol. The van der Waals surface area contributed by atoms with E-state index in [-0.39, 0.29) is 0 Å². The molecule has 0 spiro atoms. The van der Waals surface area contributed by atoms with Crippen molar-refractivity contribution in [2.45, 2.75) is 11.4 Å². The summed E-state index contributed by atoms with van der Waals surface area (Å²) in [4.78, 5) is 48.7. The lowest BCUT2D eigenvalue weighted by molar-refractivity contribution is -0.149. The summed E-state index contributed by atoms with van der Waals surface area (Å²) in [5, 5.41) is 3.28. The van der Waals surface area contributed by atoms with Gasteiger partial charge in [-0.2, -0.15) is 0 Å². The van der Waals surface area contributed by atoms with Crippen molar-refractivity contribution in [3.8, 4) is 0 Å². The number of ether oxygens (including phenoxy) is 1. The van der Waals surface area contributed by atoms with Crippen LogP contribution in [0.4, 0.5) is 0 Å². The fourth-order valence-electron chi connectivity index (χ4n) is 1.84. The summed E-state index contributed by atoms with van der Waals surface area (Å²) in [6.07, 6.45) is 1.18. The molecule has 0 saturated heterocycles. The lowest BCUT2D eigenvalue weighted by Crippen LogP contribution is -2.34. The summed E-state index contributed by atoms with van der Waals surface area (Å²) in [7, 11) is 0. The second-order valence-corrected chi connectivity index (χ2v) is 6.66. The molecule has 0 aliphatic carbocycles. The molecule has 138 valence electrons. The molecule has 2 rings (SSSR count). The van der Waals surface area contributed by atoms with Gasteiger partial charge in [-0.05, 0) is 24.3 Å². The average Bonchev–Trinajstić information content (AvgIpc) is 2.61. The molecule has 0 atom stereocenters. The fraction of sp³-hybridized carbons (Fsp3) is 0.250. The molecular weight excluding hydrogens is 382 g/mol. The van der Waals surface area contributed by atoms with Crippen LogP contribution < -0.4 is 16.6 Å². The highest BCUT2D eigenvalue weighted by Gasteiger charge is 2.09. The molecule has 10 heteroatoms. The van der Waals surface area contributed by atoms with Gasteiger partial charge in [-0.15, -0.1) is 11.8 Å². The van der Waals surface area contributed by atoms with E-state index >= 15 is 0 Å². The number of aromatic amines is 1. The number of hydrogen-bond donors (Lipinski definition) is 2. The number of nitrogens with zero attached hydrogens (tertiary/aromatic N) is 1. The molecule has 0 aliphatic rings. The quantitative estimate of drug-likeness (QED) is 0.384. The molecule has 0 bridgehead atoms. The van der Waals surface area contributed by atoms with Gasteiger partial charge in [0, 0.05) is 34.5 Å². The normalized spacial score (nSPS) is 10.3. The van der Waals surface area contributed by atoms with Crippen molar-refractivity contribution in [1.29, 1.82) is 0 Å². The summed E-state index contributed by atoms with van der Waals surface area (Å²) < 4.78 is 5.77. The van der Waals surface area contributed by atoms with Gasteiger partial charge in [-0.3, -0.25) is 23.9 Å². The van der Waals surface area contributed by atoms with Crippen LogP contribution in [0.1, 0.15) is 0 Å². The number of rotatable bonds is 8. The Kier molecular flexibility index (Phi) is 7.49. The minimum absolute atomic E-state index is 0.394. The summed E-state index contributed by atoms with van der Waals surface area (Å²) in [6.45, 7) is -0.430. The van der Waals surface area contributed by atoms with Gasteiger partial charge in [0.2, 0.25) is 0 Å². The maximum absolute atomic E-state index is 11.6. The fourth-order valence-corrected chi connectivity index (χ4v) is 2.74. The Bertz CT molecular complexity index is 878. The topological polar surface area (TPSA) is 110 Å². The third-order valence-corrected chi connectivity index (χ3v) is 4.33. The number of thioether (sulfide) groups is 1. The molecular formula is C16H16ClN3O5S. The van der Waals surface area contributed by atoms with Gasteiger partial charge in [0.1, 0.15) is 6.54 Å². The number of carbonyl (C=O) groups is 2. The largest absolute Gasteiger partial charge is 0.454 e. The summed E-state index contributed by atoms with van der Waals surface area (Å²) in [5.41, 5.74) is -1.28. The van der Waals surface area contributed by atoms with Gasteiger partial charge in [0.15, 0.2) is 6.61 Å². The van der Waals surface area contributed by atoms with Crippen LogP contribution in [0.2, 0.25) is 5.02 Å². The van der Waals surface area contributed by atoms with Crippen molar-refractivity contribution >= 4 is 35.2 Å². The average molecular weight is 398 g/mol. The first kappa shape index (κ1) is 19.8. The predicted octanol–water partition coefficient (Wildman–Crippen LogP) is 0.642. The van der Waals surface area contributed by atoms with E-state index in [1.165, 1.54) is 6.20 Å². The Labute approximate surface area is 157 Å². The number of H-pyrrole nitrogens is 1. The summed E-state index contributed by atoms with van der Waals surface area (Å²) in [6, 6.07) is 8.45. The van der Waals surface area contributed by atoms with Crippen molar-refractivity contribution in [3.05, 3.63) is 62.4 Å². The minimum Gasteiger partial charge on any atom is -0.454 e. The Morgan fingerprint density at radius 1 is 1.19 bits per heavy atom. The van der Waals surface area contributed by atoms with Crippen LogP contribution in [0.25, 0.3) is 0 Å². The van der Waals surface area contributed by atoms with Gasteiger partial charge in [0.25, 0.3) is 11.5 Å².